The highest BCUT2D eigenvalue weighted by Crippen LogP contribution is 2.21. The number of aliphatic carboxylic acids is 1. The minimum Gasteiger partial charge on any atom is -0.481 e. The molecule has 0 saturated carbocycles. The van der Waals surface area contributed by atoms with E-state index in [0.29, 0.717) is 6.42 Å². The first kappa shape index (κ1) is 22.2. The number of carboxylic acid groups (broad SMARTS) is 2. The van der Waals surface area contributed by atoms with E-state index in [-0.39, 0.29) is 16.2 Å². The molecule has 3 rings (SSSR count). The normalized spacial score (nSPS) is 12.7. The van der Waals surface area contributed by atoms with Crippen LogP contribution in [-0.4, -0.2) is 34.1 Å². The van der Waals surface area contributed by atoms with Gasteiger partial charge in [0, 0.05) is 6.04 Å². The molecule has 6 nitrogen and oxygen atoms in total. The van der Waals surface area contributed by atoms with Crippen molar-refractivity contribution in [3.05, 3.63) is 82.0 Å². The van der Waals surface area contributed by atoms with Crippen LogP contribution >= 0.6 is 11.3 Å². The lowest BCUT2D eigenvalue weighted by atomic mass is 9.95. The van der Waals surface area contributed by atoms with Crippen molar-refractivity contribution in [1.82, 2.24) is 5.32 Å². The summed E-state index contributed by atoms with van der Waals surface area (Å²) in [5.74, 6) is -3.05. The molecule has 1 amide bonds. The second-order valence-corrected chi connectivity index (χ2v) is 8.47. The number of thiophene rings is 1. The van der Waals surface area contributed by atoms with Gasteiger partial charge >= 0.3 is 11.9 Å². The Morgan fingerprint density at radius 2 is 1.48 bits per heavy atom. The maximum atomic E-state index is 12.6. The quantitative estimate of drug-likeness (QED) is 0.455. The largest absolute Gasteiger partial charge is 0.481 e. The number of benzene rings is 2. The molecule has 0 saturated heterocycles. The number of nitrogens with one attached hydrogen (secondary N) is 1. The second-order valence-electron chi connectivity index (χ2n) is 7.38. The van der Waals surface area contributed by atoms with E-state index < -0.39 is 29.8 Å². The number of aromatic carboxylic acids is 1. The van der Waals surface area contributed by atoms with E-state index >= 15 is 0 Å². The van der Waals surface area contributed by atoms with Gasteiger partial charge in [0.05, 0.1) is 10.8 Å². The maximum absolute atomic E-state index is 12.6. The van der Waals surface area contributed by atoms with Crippen molar-refractivity contribution in [2.45, 2.75) is 25.8 Å². The van der Waals surface area contributed by atoms with E-state index in [9.17, 15) is 19.5 Å². The molecule has 3 aromatic rings. The van der Waals surface area contributed by atoms with Crippen LogP contribution in [0.1, 0.15) is 38.3 Å². The SMILES string of the molecule is C[C@H](C[C@@H](Cc1ccc(-c2ccccc2)cc1)NC(=O)c1ccc(C(=O)O)s1)C(=O)O. The highest BCUT2D eigenvalue weighted by Gasteiger charge is 2.22. The fourth-order valence-corrected chi connectivity index (χ4v) is 4.05. The number of hydrogen-bond acceptors (Lipinski definition) is 4. The molecule has 160 valence electrons. The third-order valence-corrected chi connectivity index (χ3v) is 6.05. The summed E-state index contributed by atoms with van der Waals surface area (Å²) in [5.41, 5.74) is 3.15. The van der Waals surface area contributed by atoms with Gasteiger partial charge in [-0.25, -0.2) is 4.79 Å². The van der Waals surface area contributed by atoms with Crippen molar-refractivity contribution >= 4 is 29.2 Å². The van der Waals surface area contributed by atoms with Gasteiger partial charge in [-0.3, -0.25) is 9.59 Å². The van der Waals surface area contributed by atoms with Crippen molar-refractivity contribution in [1.29, 1.82) is 0 Å². The van der Waals surface area contributed by atoms with Crippen molar-refractivity contribution < 1.29 is 24.6 Å². The second kappa shape index (κ2) is 10.0. The van der Waals surface area contributed by atoms with E-state index in [1.807, 2.05) is 54.6 Å². The van der Waals surface area contributed by atoms with E-state index in [1.54, 1.807) is 6.92 Å². The number of hydrogen-bond donors (Lipinski definition) is 3. The zero-order valence-electron chi connectivity index (χ0n) is 16.9. The van der Waals surface area contributed by atoms with Gasteiger partial charge in [-0.2, -0.15) is 0 Å². The van der Waals surface area contributed by atoms with E-state index in [4.69, 9.17) is 5.11 Å². The predicted octanol–water partition coefficient (Wildman–Crippen LogP) is 4.57. The first-order chi connectivity index (χ1) is 14.8. The first-order valence-corrected chi connectivity index (χ1v) is 10.7. The minimum absolute atomic E-state index is 0.0807. The van der Waals surface area contributed by atoms with Gasteiger partial charge in [0.2, 0.25) is 0 Å². The molecule has 0 fully saturated rings. The summed E-state index contributed by atoms with van der Waals surface area (Å²) < 4.78 is 0. The first-order valence-electron chi connectivity index (χ1n) is 9.84. The Hall–Kier alpha value is -3.45. The summed E-state index contributed by atoms with van der Waals surface area (Å²) in [7, 11) is 0. The molecule has 0 aliphatic heterocycles. The zero-order valence-corrected chi connectivity index (χ0v) is 17.8. The number of carboxylic acids is 2. The maximum Gasteiger partial charge on any atom is 0.345 e. The van der Waals surface area contributed by atoms with Gasteiger partial charge in [-0.1, -0.05) is 61.5 Å². The van der Waals surface area contributed by atoms with Crippen LogP contribution in [0.15, 0.2) is 66.7 Å². The summed E-state index contributed by atoms with van der Waals surface area (Å²) in [4.78, 5) is 35.4. The Labute approximate surface area is 184 Å². The number of carbonyl (C=O) groups is 3. The summed E-state index contributed by atoms with van der Waals surface area (Å²) in [6.45, 7) is 1.60. The Bertz CT molecular complexity index is 1060. The number of amides is 1. The van der Waals surface area contributed by atoms with Crippen LogP contribution in [0.25, 0.3) is 11.1 Å². The summed E-state index contributed by atoms with van der Waals surface area (Å²) in [6.07, 6.45) is 0.730. The predicted molar refractivity (Wildman–Crippen MR) is 120 cm³/mol. The molecule has 31 heavy (non-hydrogen) atoms. The van der Waals surface area contributed by atoms with Gasteiger partial charge in [0.15, 0.2) is 0 Å². The van der Waals surface area contributed by atoms with Crippen LogP contribution in [-0.2, 0) is 11.2 Å². The minimum atomic E-state index is -1.08. The van der Waals surface area contributed by atoms with Crippen molar-refractivity contribution in [3.8, 4) is 11.1 Å². The zero-order chi connectivity index (χ0) is 22.4. The Balaban J connectivity index is 1.74. The smallest absolute Gasteiger partial charge is 0.345 e. The molecule has 0 aliphatic rings. The highest BCUT2D eigenvalue weighted by molar-refractivity contribution is 7.15. The molecule has 7 heteroatoms. The molecule has 0 unspecified atom stereocenters. The molecule has 3 N–H and O–H groups in total. The van der Waals surface area contributed by atoms with Crippen LogP contribution in [0.2, 0.25) is 0 Å². The van der Waals surface area contributed by atoms with E-state index in [1.165, 1.54) is 12.1 Å². The van der Waals surface area contributed by atoms with Crippen molar-refractivity contribution in [3.63, 3.8) is 0 Å². The summed E-state index contributed by atoms with van der Waals surface area (Å²) >= 11 is 0.894. The monoisotopic (exact) mass is 437 g/mol. The number of rotatable bonds is 9. The molecule has 1 aromatic heterocycles. The Kier molecular flexibility index (Phi) is 7.20. The summed E-state index contributed by atoms with van der Waals surface area (Å²) in [5, 5.41) is 21.2. The lowest BCUT2D eigenvalue weighted by molar-refractivity contribution is -0.141. The van der Waals surface area contributed by atoms with Crippen LogP contribution in [0.4, 0.5) is 0 Å². The molecule has 0 aliphatic carbocycles. The van der Waals surface area contributed by atoms with Gasteiger partial charge in [0.25, 0.3) is 5.91 Å². The van der Waals surface area contributed by atoms with Crippen LogP contribution in [0.5, 0.6) is 0 Å². The molecule has 0 radical (unpaired) electrons. The topological polar surface area (TPSA) is 104 Å². The van der Waals surface area contributed by atoms with E-state index in [2.05, 4.69) is 5.32 Å². The molecule has 0 bridgehead atoms. The van der Waals surface area contributed by atoms with Crippen LogP contribution in [0, 0.1) is 5.92 Å². The lowest BCUT2D eigenvalue weighted by Crippen LogP contribution is -2.38. The fourth-order valence-electron chi connectivity index (χ4n) is 3.30. The average Bonchev–Trinajstić information content (AvgIpc) is 3.25. The Morgan fingerprint density at radius 3 is 2.06 bits per heavy atom. The number of carbonyl (C=O) groups excluding carboxylic acids is 1. The standard InChI is InChI=1S/C24H23NO5S/c1-15(23(27)28)13-19(25-22(26)20-11-12-21(31-20)24(29)30)14-16-7-9-18(10-8-16)17-5-3-2-4-6-17/h2-12,15,19H,13-14H2,1H3,(H,25,26)(H,27,28)(H,29,30)/t15-,19+/m1/s1. The van der Waals surface area contributed by atoms with Gasteiger partial charge in [-0.05, 0) is 41.7 Å². The van der Waals surface area contributed by atoms with Crippen LogP contribution < -0.4 is 5.32 Å². The molecule has 2 aromatic carbocycles. The average molecular weight is 438 g/mol. The molecule has 2 atom stereocenters. The Morgan fingerprint density at radius 1 is 0.871 bits per heavy atom. The fraction of sp³-hybridized carbons (Fsp3) is 0.208. The van der Waals surface area contributed by atoms with Crippen molar-refractivity contribution in [2.75, 3.05) is 0 Å². The van der Waals surface area contributed by atoms with E-state index in [0.717, 1.165) is 28.0 Å². The lowest BCUT2D eigenvalue weighted by Gasteiger charge is -2.21. The third kappa shape index (κ3) is 6.02. The van der Waals surface area contributed by atoms with Crippen molar-refractivity contribution in [2.24, 2.45) is 5.92 Å². The van der Waals surface area contributed by atoms with Gasteiger partial charge < -0.3 is 15.5 Å². The van der Waals surface area contributed by atoms with Gasteiger partial charge in [-0.15, -0.1) is 11.3 Å². The molecular formula is C24H23NO5S. The highest BCUT2D eigenvalue weighted by atomic mass is 32.1. The van der Waals surface area contributed by atoms with Gasteiger partial charge in [0.1, 0.15) is 4.88 Å². The van der Waals surface area contributed by atoms with Crippen LogP contribution in [0.3, 0.4) is 0 Å². The molecule has 0 spiro atoms. The molecule has 1 heterocycles. The molecular weight excluding hydrogens is 414 g/mol. The third-order valence-electron chi connectivity index (χ3n) is 4.98. The summed E-state index contributed by atoms with van der Waals surface area (Å²) in [6, 6.07) is 20.4.